The smallest absolute Gasteiger partial charge is 0.165 e. The molecule has 2 aromatic rings. The summed E-state index contributed by atoms with van der Waals surface area (Å²) in [6.45, 7) is -0.320. The third-order valence-electron chi connectivity index (χ3n) is 2.69. The molecule has 2 N–H and O–H groups in total. The topological polar surface area (TPSA) is 35.2 Å². The van der Waals surface area contributed by atoms with Gasteiger partial charge < -0.3 is 10.5 Å². The van der Waals surface area contributed by atoms with Crippen LogP contribution in [0.1, 0.15) is 11.1 Å². The van der Waals surface area contributed by atoms with Crippen LogP contribution < -0.4 is 10.5 Å². The summed E-state index contributed by atoms with van der Waals surface area (Å²) in [5, 5.41) is 0. The van der Waals surface area contributed by atoms with Crippen molar-refractivity contribution in [3.05, 3.63) is 65.0 Å². The van der Waals surface area contributed by atoms with Crippen LogP contribution in [-0.4, -0.2) is 0 Å². The van der Waals surface area contributed by atoms with Gasteiger partial charge in [0.05, 0.1) is 5.56 Å². The number of benzene rings is 2. The van der Waals surface area contributed by atoms with Crippen LogP contribution in [0.3, 0.4) is 0 Å². The molecule has 0 aromatic heterocycles. The Bertz CT molecular complexity index is 567. The molecule has 0 fully saturated rings. The van der Waals surface area contributed by atoms with Crippen LogP contribution in [-0.2, 0) is 13.2 Å². The van der Waals surface area contributed by atoms with Crippen LogP contribution in [0.4, 0.5) is 13.2 Å². The van der Waals surface area contributed by atoms with Gasteiger partial charge in [0.2, 0.25) is 0 Å². The van der Waals surface area contributed by atoms with Gasteiger partial charge in [0.15, 0.2) is 11.6 Å². The summed E-state index contributed by atoms with van der Waals surface area (Å²) in [4.78, 5) is 0. The normalized spacial score (nSPS) is 10.5. The molecule has 0 amide bonds. The Morgan fingerprint density at radius 3 is 2.11 bits per heavy atom. The van der Waals surface area contributed by atoms with Gasteiger partial charge >= 0.3 is 0 Å². The molecular formula is C14H12F3NO. The Labute approximate surface area is 108 Å². The molecule has 0 aliphatic carbocycles. The molecule has 0 heterocycles. The Kier molecular flexibility index (Phi) is 4.06. The molecular weight excluding hydrogens is 255 g/mol. The largest absolute Gasteiger partial charge is 0.485 e. The van der Waals surface area contributed by atoms with Gasteiger partial charge in [-0.1, -0.05) is 18.2 Å². The van der Waals surface area contributed by atoms with E-state index in [-0.39, 0.29) is 17.9 Å². The van der Waals surface area contributed by atoms with Crippen molar-refractivity contribution in [3.8, 4) is 5.75 Å². The van der Waals surface area contributed by atoms with E-state index >= 15 is 0 Å². The first-order valence-electron chi connectivity index (χ1n) is 5.66. The second-order valence-electron chi connectivity index (χ2n) is 3.92. The highest BCUT2D eigenvalue weighted by Crippen LogP contribution is 2.24. The highest BCUT2D eigenvalue weighted by molar-refractivity contribution is 5.35. The minimum atomic E-state index is -0.731. The first-order chi connectivity index (χ1) is 9.13. The first-order valence-corrected chi connectivity index (χ1v) is 5.66. The zero-order valence-corrected chi connectivity index (χ0v) is 10.00. The summed E-state index contributed by atoms with van der Waals surface area (Å²) in [6.07, 6.45) is 0. The summed E-state index contributed by atoms with van der Waals surface area (Å²) in [5.41, 5.74) is 5.65. The average molecular weight is 267 g/mol. The molecule has 0 saturated carbocycles. The minimum Gasteiger partial charge on any atom is -0.485 e. The molecule has 0 unspecified atom stereocenters. The quantitative estimate of drug-likeness (QED) is 0.923. The third kappa shape index (κ3) is 2.88. The number of nitrogens with two attached hydrogens (primary N) is 1. The van der Waals surface area contributed by atoms with Gasteiger partial charge in [0, 0.05) is 12.1 Å². The Balaban J connectivity index is 2.24. The molecule has 2 nitrogen and oxygen atoms in total. The summed E-state index contributed by atoms with van der Waals surface area (Å²) in [7, 11) is 0. The van der Waals surface area contributed by atoms with Crippen molar-refractivity contribution in [2.75, 3.05) is 0 Å². The zero-order chi connectivity index (χ0) is 13.8. The molecule has 0 aliphatic rings. The van der Waals surface area contributed by atoms with E-state index in [0.29, 0.717) is 5.56 Å². The highest BCUT2D eigenvalue weighted by Gasteiger charge is 2.13. The van der Waals surface area contributed by atoms with Crippen LogP contribution in [0.5, 0.6) is 5.75 Å². The molecule has 19 heavy (non-hydrogen) atoms. The highest BCUT2D eigenvalue weighted by atomic mass is 19.1. The summed E-state index contributed by atoms with van der Waals surface area (Å²) in [5.74, 6) is -2.15. The van der Waals surface area contributed by atoms with E-state index in [1.807, 2.05) is 0 Å². The number of hydrogen-bond acceptors (Lipinski definition) is 2. The zero-order valence-electron chi connectivity index (χ0n) is 10.00. The fraction of sp³-hybridized carbons (Fsp3) is 0.143. The second-order valence-corrected chi connectivity index (χ2v) is 3.92. The molecule has 0 saturated heterocycles. The van der Waals surface area contributed by atoms with Crippen molar-refractivity contribution in [2.45, 2.75) is 13.2 Å². The van der Waals surface area contributed by atoms with Crippen molar-refractivity contribution in [3.63, 3.8) is 0 Å². The fourth-order valence-corrected chi connectivity index (χ4v) is 1.69. The molecule has 0 radical (unpaired) electrons. The summed E-state index contributed by atoms with van der Waals surface area (Å²) < 4.78 is 45.5. The van der Waals surface area contributed by atoms with Crippen molar-refractivity contribution in [1.82, 2.24) is 0 Å². The maximum Gasteiger partial charge on any atom is 0.165 e. The van der Waals surface area contributed by atoms with E-state index in [2.05, 4.69) is 0 Å². The van der Waals surface area contributed by atoms with Gasteiger partial charge in [-0.05, 0) is 18.2 Å². The molecule has 2 rings (SSSR count). The van der Waals surface area contributed by atoms with E-state index in [1.54, 1.807) is 6.07 Å². The predicted octanol–water partition coefficient (Wildman–Crippen LogP) is 3.14. The molecule has 0 atom stereocenters. The minimum absolute atomic E-state index is 0.0762. The lowest BCUT2D eigenvalue weighted by Gasteiger charge is -2.12. The number of halogens is 3. The van der Waals surface area contributed by atoms with Gasteiger partial charge in [0.1, 0.15) is 18.2 Å². The molecule has 0 bridgehead atoms. The van der Waals surface area contributed by atoms with E-state index < -0.39 is 24.1 Å². The lowest BCUT2D eigenvalue weighted by molar-refractivity contribution is 0.275. The van der Waals surface area contributed by atoms with Crippen molar-refractivity contribution in [2.24, 2.45) is 5.73 Å². The van der Waals surface area contributed by atoms with Gasteiger partial charge in [-0.15, -0.1) is 0 Å². The van der Waals surface area contributed by atoms with E-state index in [0.717, 1.165) is 12.1 Å². The Morgan fingerprint density at radius 2 is 1.47 bits per heavy atom. The molecule has 2 aromatic carbocycles. The van der Waals surface area contributed by atoms with Crippen LogP contribution in [0.15, 0.2) is 36.4 Å². The lowest BCUT2D eigenvalue weighted by Crippen LogP contribution is -2.07. The number of ether oxygens (including phenoxy) is 1. The van der Waals surface area contributed by atoms with E-state index in [4.69, 9.17) is 10.5 Å². The average Bonchev–Trinajstić information content (AvgIpc) is 2.39. The summed E-state index contributed by atoms with van der Waals surface area (Å²) in [6, 6.07) is 7.78. The molecule has 100 valence electrons. The van der Waals surface area contributed by atoms with Gasteiger partial charge in [-0.2, -0.15) is 0 Å². The Morgan fingerprint density at radius 1 is 0.895 bits per heavy atom. The van der Waals surface area contributed by atoms with Crippen LogP contribution in [0, 0.1) is 17.5 Å². The number of para-hydroxylation sites is 1. The molecule has 0 aliphatic heterocycles. The van der Waals surface area contributed by atoms with Crippen molar-refractivity contribution in [1.29, 1.82) is 0 Å². The SMILES string of the molecule is NCc1cccc(F)c1OCc1c(F)cccc1F. The van der Waals surface area contributed by atoms with Gasteiger partial charge in [-0.25, -0.2) is 13.2 Å². The van der Waals surface area contributed by atoms with Crippen molar-refractivity contribution < 1.29 is 17.9 Å². The van der Waals surface area contributed by atoms with Crippen LogP contribution >= 0.6 is 0 Å². The predicted molar refractivity (Wildman–Crippen MR) is 65.0 cm³/mol. The van der Waals surface area contributed by atoms with Crippen LogP contribution in [0.25, 0.3) is 0 Å². The summed E-state index contributed by atoms with van der Waals surface area (Å²) >= 11 is 0. The number of rotatable bonds is 4. The number of hydrogen-bond donors (Lipinski definition) is 1. The standard InChI is InChI=1S/C14H12F3NO/c15-11-4-2-5-12(16)10(11)8-19-14-9(7-18)3-1-6-13(14)17/h1-6H,7-8,18H2. The first kappa shape index (κ1) is 13.4. The third-order valence-corrected chi connectivity index (χ3v) is 2.69. The monoisotopic (exact) mass is 267 g/mol. The van der Waals surface area contributed by atoms with Crippen molar-refractivity contribution >= 4 is 0 Å². The van der Waals surface area contributed by atoms with E-state index in [9.17, 15) is 13.2 Å². The molecule has 0 spiro atoms. The van der Waals surface area contributed by atoms with Gasteiger partial charge in [-0.3, -0.25) is 0 Å². The fourth-order valence-electron chi connectivity index (χ4n) is 1.69. The maximum atomic E-state index is 13.6. The maximum absolute atomic E-state index is 13.6. The molecule has 5 heteroatoms. The van der Waals surface area contributed by atoms with Gasteiger partial charge in [0.25, 0.3) is 0 Å². The Hall–Kier alpha value is -2.01. The lowest BCUT2D eigenvalue weighted by atomic mass is 10.2. The van der Waals surface area contributed by atoms with Crippen LogP contribution in [0.2, 0.25) is 0 Å². The van der Waals surface area contributed by atoms with E-state index in [1.165, 1.54) is 18.2 Å². The second kappa shape index (κ2) is 5.75.